The van der Waals surface area contributed by atoms with Crippen molar-refractivity contribution < 1.29 is 27.9 Å². The van der Waals surface area contributed by atoms with Crippen LogP contribution in [0, 0.1) is 0 Å². The molecule has 2 amide bonds. The van der Waals surface area contributed by atoms with Crippen LogP contribution in [0.25, 0.3) is 0 Å². The van der Waals surface area contributed by atoms with Crippen LogP contribution in [0.2, 0.25) is 5.02 Å². The number of aliphatic hydroxyl groups excluding tert-OH is 1. The fourth-order valence-corrected chi connectivity index (χ4v) is 4.91. The number of aliphatic hydroxyl groups is 1. The van der Waals surface area contributed by atoms with Gasteiger partial charge in [0.05, 0.1) is 23.5 Å². The van der Waals surface area contributed by atoms with E-state index in [1.807, 2.05) is 0 Å². The number of rotatable bonds is 5. The van der Waals surface area contributed by atoms with Gasteiger partial charge >= 0.3 is 12.1 Å². The SMILES string of the molecule is CN(C(=O)C(F)(F)F)c1ccccc1N1CC(O)C(NC2CCN(C(=O)c3ccc(Cl)cc3)CC2)C1. The van der Waals surface area contributed by atoms with Crippen molar-refractivity contribution in [2.24, 2.45) is 0 Å². The fraction of sp³-hybridized carbons (Fsp3) is 0.440. The number of carbonyl (C=O) groups is 2. The molecule has 2 atom stereocenters. The molecule has 0 radical (unpaired) electrons. The quantitative estimate of drug-likeness (QED) is 0.628. The van der Waals surface area contributed by atoms with E-state index in [1.54, 1.807) is 52.3 Å². The van der Waals surface area contributed by atoms with Crippen LogP contribution in [0.4, 0.5) is 24.5 Å². The zero-order valence-corrected chi connectivity index (χ0v) is 20.5. The van der Waals surface area contributed by atoms with E-state index in [0.29, 0.717) is 53.6 Å². The van der Waals surface area contributed by atoms with Gasteiger partial charge in [-0.1, -0.05) is 23.7 Å². The molecule has 0 saturated carbocycles. The van der Waals surface area contributed by atoms with Gasteiger partial charge in [-0.05, 0) is 49.2 Å². The van der Waals surface area contributed by atoms with Crippen molar-refractivity contribution in [1.82, 2.24) is 10.2 Å². The molecule has 0 bridgehead atoms. The number of anilines is 2. The minimum absolute atomic E-state index is 0.0497. The van der Waals surface area contributed by atoms with Gasteiger partial charge in [-0.15, -0.1) is 0 Å². The number of halogens is 4. The number of para-hydroxylation sites is 2. The highest BCUT2D eigenvalue weighted by molar-refractivity contribution is 6.30. The standard InChI is InChI=1S/C25H28ClF3N4O3/c1-31(24(36)25(27,28)29)20-4-2-3-5-21(20)33-14-19(22(34)15-33)30-18-10-12-32(13-11-18)23(35)16-6-8-17(26)9-7-16/h2-9,18-19,22,30,34H,10-15H2,1H3. The van der Waals surface area contributed by atoms with Gasteiger partial charge in [-0.3, -0.25) is 9.59 Å². The monoisotopic (exact) mass is 524 g/mol. The predicted molar refractivity (Wildman–Crippen MR) is 131 cm³/mol. The molecule has 2 fully saturated rings. The molecule has 2 aromatic carbocycles. The van der Waals surface area contributed by atoms with Crippen molar-refractivity contribution >= 4 is 34.8 Å². The molecule has 2 N–H and O–H groups in total. The van der Waals surface area contributed by atoms with Crippen LogP contribution in [-0.2, 0) is 4.79 Å². The Balaban J connectivity index is 1.36. The highest BCUT2D eigenvalue weighted by atomic mass is 35.5. The van der Waals surface area contributed by atoms with Crippen LogP contribution >= 0.6 is 11.6 Å². The Morgan fingerprint density at radius 3 is 2.33 bits per heavy atom. The molecular formula is C25H28ClF3N4O3. The number of likely N-dealkylation sites (tertiary alicyclic amines) is 1. The summed E-state index contributed by atoms with van der Waals surface area (Å²) >= 11 is 5.90. The molecule has 11 heteroatoms. The number of nitrogens with zero attached hydrogens (tertiary/aromatic N) is 3. The second-order valence-electron chi connectivity index (χ2n) is 9.17. The molecule has 7 nitrogen and oxygen atoms in total. The summed E-state index contributed by atoms with van der Waals surface area (Å²) in [6, 6.07) is 12.9. The smallest absolute Gasteiger partial charge is 0.390 e. The van der Waals surface area contributed by atoms with Crippen molar-refractivity contribution in [2.45, 2.75) is 37.2 Å². The Morgan fingerprint density at radius 1 is 1.06 bits per heavy atom. The van der Waals surface area contributed by atoms with Crippen LogP contribution in [0.3, 0.4) is 0 Å². The molecule has 2 aliphatic rings. The minimum Gasteiger partial charge on any atom is -0.390 e. The van der Waals surface area contributed by atoms with E-state index in [4.69, 9.17) is 11.6 Å². The first-order chi connectivity index (χ1) is 17.0. The molecule has 36 heavy (non-hydrogen) atoms. The normalized spacial score (nSPS) is 21.1. The molecule has 0 spiro atoms. The van der Waals surface area contributed by atoms with Gasteiger partial charge in [-0.2, -0.15) is 13.2 Å². The van der Waals surface area contributed by atoms with Crippen LogP contribution in [0.15, 0.2) is 48.5 Å². The van der Waals surface area contributed by atoms with Crippen molar-refractivity contribution in [1.29, 1.82) is 0 Å². The molecule has 2 aromatic rings. The summed E-state index contributed by atoms with van der Waals surface area (Å²) in [7, 11) is 1.09. The lowest BCUT2D eigenvalue weighted by molar-refractivity contribution is -0.170. The van der Waals surface area contributed by atoms with Gasteiger partial charge in [0.1, 0.15) is 0 Å². The number of benzene rings is 2. The average molecular weight is 525 g/mol. The highest BCUT2D eigenvalue weighted by Crippen LogP contribution is 2.33. The molecule has 0 aliphatic carbocycles. The number of piperidine rings is 1. The van der Waals surface area contributed by atoms with Crippen LogP contribution in [0.5, 0.6) is 0 Å². The Morgan fingerprint density at radius 2 is 1.69 bits per heavy atom. The van der Waals surface area contributed by atoms with Gasteiger partial charge in [0, 0.05) is 49.9 Å². The second kappa shape index (κ2) is 10.7. The summed E-state index contributed by atoms with van der Waals surface area (Å²) < 4.78 is 39.0. The van der Waals surface area contributed by atoms with Crippen molar-refractivity contribution in [3.63, 3.8) is 0 Å². The fourth-order valence-electron chi connectivity index (χ4n) is 4.79. The van der Waals surface area contributed by atoms with Crippen molar-refractivity contribution in [2.75, 3.05) is 43.0 Å². The second-order valence-corrected chi connectivity index (χ2v) is 9.61. The average Bonchev–Trinajstić information content (AvgIpc) is 3.23. The molecule has 2 unspecified atom stereocenters. The molecule has 2 aliphatic heterocycles. The van der Waals surface area contributed by atoms with E-state index in [2.05, 4.69) is 5.32 Å². The van der Waals surface area contributed by atoms with E-state index in [-0.39, 0.29) is 30.2 Å². The summed E-state index contributed by atoms with van der Waals surface area (Å²) in [6.07, 6.45) is -4.31. The zero-order chi connectivity index (χ0) is 26.0. The maximum atomic E-state index is 13.0. The number of carbonyl (C=O) groups excluding carboxylic acids is 2. The largest absolute Gasteiger partial charge is 0.471 e. The van der Waals surface area contributed by atoms with Gasteiger partial charge in [0.2, 0.25) is 0 Å². The maximum absolute atomic E-state index is 13.0. The van der Waals surface area contributed by atoms with Gasteiger partial charge in [0.15, 0.2) is 0 Å². The van der Waals surface area contributed by atoms with Crippen LogP contribution in [0.1, 0.15) is 23.2 Å². The maximum Gasteiger partial charge on any atom is 0.471 e. The first-order valence-electron chi connectivity index (χ1n) is 11.7. The Hall–Kier alpha value is -2.82. The summed E-state index contributed by atoms with van der Waals surface area (Å²) in [5, 5.41) is 14.7. The topological polar surface area (TPSA) is 76.1 Å². The number of amides is 2. The van der Waals surface area contributed by atoms with E-state index in [0.717, 1.165) is 7.05 Å². The summed E-state index contributed by atoms with van der Waals surface area (Å²) in [5.74, 6) is -2.00. The first kappa shape index (κ1) is 26.2. The third kappa shape index (κ3) is 5.77. The first-order valence-corrected chi connectivity index (χ1v) is 12.1. The van der Waals surface area contributed by atoms with Crippen molar-refractivity contribution in [3.05, 3.63) is 59.1 Å². The van der Waals surface area contributed by atoms with E-state index in [9.17, 15) is 27.9 Å². The predicted octanol–water partition coefficient (Wildman–Crippen LogP) is 3.31. The molecule has 0 aromatic heterocycles. The van der Waals surface area contributed by atoms with Crippen molar-refractivity contribution in [3.8, 4) is 0 Å². The molecular weight excluding hydrogens is 497 g/mol. The number of β-amino-alcohol motifs (C(OH)–C–C–N with tert-alkyl or cyclic N) is 1. The molecule has 2 heterocycles. The third-order valence-electron chi connectivity index (χ3n) is 6.74. The third-order valence-corrected chi connectivity index (χ3v) is 6.99. The van der Waals surface area contributed by atoms with Gasteiger partial charge in [-0.25, -0.2) is 0 Å². The lowest BCUT2D eigenvalue weighted by Gasteiger charge is -2.34. The van der Waals surface area contributed by atoms with Crippen LogP contribution in [-0.4, -0.2) is 79.4 Å². The minimum atomic E-state index is -4.99. The summed E-state index contributed by atoms with van der Waals surface area (Å²) in [5.41, 5.74) is 1.16. The number of nitrogens with one attached hydrogen (secondary N) is 1. The number of hydrogen-bond acceptors (Lipinski definition) is 5. The van der Waals surface area contributed by atoms with E-state index >= 15 is 0 Å². The Labute approximate surface area is 212 Å². The molecule has 2 saturated heterocycles. The summed E-state index contributed by atoms with van der Waals surface area (Å²) in [4.78, 5) is 28.7. The van der Waals surface area contributed by atoms with E-state index < -0.39 is 18.2 Å². The Bertz CT molecular complexity index is 1090. The van der Waals surface area contributed by atoms with Gasteiger partial charge in [0.25, 0.3) is 5.91 Å². The molecule has 194 valence electrons. The lowest BCUT2D eigenvalue weighted by Crippen LogP contribution is -2.50. The Kier molecular flexibility index (Phi) is 7.77. The molecule has 4 rings (SSSR count). The van der Waals surface area contributed by atoms with Crippen LogP contribution < -0.4 is 15.1 Å². The zero-order valence-electron chi connectivity index (χ0n) is 19.7. The summed E-state index contributed by atoms with van der Waals surface area (Å²) in [6.45, 7) is 1.73. The lowest BCUT2D eigenvalue weighted by atomic mass is 10.0. The highest BCUT2D eigenvalue weighted by Gasteiger charge is 2.43. The van der Waals surface area contributed by atoms with Gasteiger partial charge < -0.3 is 25.1 Å². The number of hydrogen-bond donors (Lipinski definition) is 2. The van der Waals surface area contributed by atoms with E-state index in [1.165, 1.54) is 6.07 Å². The number of alkyl halides is 3.